The molecule has 4 aromatic rings. The van der Waals surface area contributed by atoms with Gasteiger partial charge in [0, 0.05) is 11.4 Å². The number of aromatic amines is 1. The topological polar surface area (TPSA) is 113 Å². The van der Waals surface area contributed by atoms with Crippen LogP contribution in [-0.4, -0.2) is 30.4 Å². The van der Waals surface area contributed by atoms with Crippen LogP contribution in [0.5, 0.6) is 5.75 Å². The lowest BCUT2D eigenvalue weighted by Crippen LogP contribution is -2.37. The molecule has 31 heavy (non-hydrogen) atoms. The summed E-state index contributed by atoms with van der Waals surface area (Å²) in [5.74, 6) is 1.37. The number of hydrogen-bond acceptors (Lipinski definition) is 7. The molecular weight excluding hydrogens is 414 g/mol. The third kappa shape index (κ3) is 4.61. The Kier molecular flexibility index (Phi) is 6.03. The van der Waals surface area contributed by atoms with Crippen LogP contribution in [0.2, 0.25) is 0 Å². The lowest BCUT2D eigenvalue weighted by atomic mass is 10.2. The number of fused-ring (bicyclic) bond motifs is 1. The van der Waals surface area contributed by atoms with Crippen LogP contribution in [0.4, 0.5) is 11.5 Å². The van der Waals surface area contributed by atoms with Crippen molar-refractivity contribution in [2.24, 2.45) is 0 Å². The van der Waals surface area contributed by atoms with Gasteiger partial charge in [0.05, 0.1) is 6.54 Å². The van der Waals surface area contributed by atoms with Crippen molar-refractivity contribution >= 4 is 34.4 Å². The number of aromatic nitrogens is 4. The highest BCUT2D eigenvalue weighted by Gasteiger charge is 2.16. The molecule has 2 aromatic carbocycles. The van der Waals surface area contributed by atoms with Crippen LogP contribution in [0.1, 0.15) is 18.9 Å². The predicted octanol–water partition coefficient (Wildman–Crippen LogP) is 3.48. The van der Waals surface area contributed by atoms with Crippen molar-refractivity contribution in [2.45, 2.75) is 25.0 Å². The van der Waals surface area contributed by atoms with Crippen LogP contribution in [0.25, 0.3) is 11.2 Å². The number of phenols is 1. The molecule has 0 saturated carbocycles. The third-order valence-corrected chi connectivity index (χ3v) is 5.60. The number of thioether (sulfide) groups is 1. The number of H-pyrrole nitrogens is 1. The Morgan fingerprint density at radius 1 is 1.06 bits per heavy atom. The first-order valence-electron chi connectivity index (χ1n) is 9.83. The third-order valence-electron chi connectivity index (χ3n) is 4.55. The maximum Gasteiger partial charge on any atom is 0.318 e. The fourth-order valence-corrected chi connectivity index (χ4v) is 3.76. The van der Waals surface area contributed by atoms with Crippen LogP contribution >= 0.6 is 11.8 Å². The molecule has 0 amide bonds. The van der Waals surface area contributed by atoms with Gasteiger partial charge < -0.3 is 15.4 Å². The summed E-state index contributed by atoms with van der Waals surface area (Å²) in [5, 5.41) is 13.3. The van der Waals surface area contributed by atoms with E-state index in [0.717, 1.165) is 23.4 Å². The summed E-state index contributed by atoms with van der Waals surface area (Å²) in [7, 11) is 0. The largest absolute Gasteiger partial charge is 0.508 e. The maximum atomic E-state index is 12.7. The molecule has 0 atom stereocenters. The lowest BCUT2D eigenvalue weighted by molar-refractivity contribution is 0.475. The van der Waals surface area contributed by atoms with Gasteiger partial charge in [0.15, 0.2) is 16.6 Å². The molecule has 0 unspecified atom stereocenters. The standard InChI is InChI=1S/C22H21N5O3S/c1-2-12-31-22-25-18(23-15-6-4-3-5-7-15)17-19(26-22)27(21(30)20(29)24-17)13-14-8-10-16(28)11-9-14/h3-11,28H,2,12-13H2,1H3,(H,24,29)(H,23,25,26). The molecule has 0 bridgehead atoms. The van der Waals surface area contributed by atoms with E-state index in [1.165, 1.54) is 28.5 Å². The van der Waals surface area contributed by atoms with E-state index in [-0.39, 0.29) is 12.3 Å². The predicted molar refractivity (Wildman–Crippen MR) is 122 cm³/mol. The molecule has 0 aliphatic carbocycles. The van der Waals surface area contributed by atoms with Gasteiger partial charge >= 0.3 is 11.1 Å². The molecule has 0 spiro atoms. The summed E-state index contributed by atoms with van der Waals surface area (Å²) in [6, 6.07) is 15.9. The number of anilines is 2. The highest BCUT2D eigenvalue weighted by Crippen LogP contribution is 2.25. The van der Waals surface area contributed by atoms with Crippen molar-refractivity contribution in [1.29, 1.82) is 0 Å². The van der Waals surface area contributed by atoms with Gasteiger partial charge in [-0.1, -0.05) is 49.0 Å². The summed E-state index contributed by atoms with van der Waals surface area (Å²) >= 11 is 1.48. The van der Waals surface area contributed by atoms with Crippen molar-refractivity contribution in [1.82, 2.24) is 19.5 Å². The van der Waals surface area contributed by atoms with E-state index in [0.29, 0.717) is 22.1 Å². The van der Waals surface area contributed by atoms with E-state index >= 15 is 0 Å². The van der Waals surface area contributed by atoms with E-state index in [4.69, 9.17) is 0 Å². The Morgan fingerprint density at radius 2 is 1.81 bits per heavy atom. The Balaban J connectivity index is 1.90. The average molecular weight is 436 g/mol. The van der Waals surface area contributed by atoms with Crippen LogP contribution < -0.4 is 16.4 Å². The molecule has 0 aliphatic heterocycles. The number of nitrogens with one attached hydrogen (secondary N) is 2. The molecule has 158 valence electrons. The van der Waals surface area contributed by atoms with Gasteiger partial charge in [0.25, 0.3) is 0 Å². The van der Waals surface area contributed by atoms with E-state index in [9.17, 15) is 14.7 Å². The van der Waals surface area contributed by atoms with E-state index in [2.05, 4.69) is 27.2 Å². The average Bonchev–Trinajstić information content (AvgIpc) is 2.78. The summed E-state index contributed by atoms with van der Waals surface area (Å²) in [5.41, 5.74) is 0.797. The van der Waals surface area contributed by atoms with Gasteiger partial charge in [-0.3, -0.25) is 14.2 Å². The van der Waals surface area contributed by atoms with Crippen LogP contribution in [0.15, 0.2) is 69.3 Å². The van der Waals surface area contributed by atoms with Gasteiger partial charge in [-0.25, -0.2) is 9.97 Å². The molecule has 3 N–H and O–H groups in total. The smallest absolute Gasteiger partial charge is 0.318 e. The zero-order chi connectivity index (χ0) is 21.8. The summed E-state index contributed by atoms with van der Waals surface area (Å²) in [4.78, 5) is 37.0. The monoisotopic (exact) mass is 435 g/mol. The molecule has 9 heteroatoms. The first-order valence-corrected chi connectivity index (χ1v) is 10.8. The highest BCUT2D eigenvalue weighted by atomic mass is 32.2. The van der Waals surface area contributed by atoms with Crippen molar-refractivity contribution in [3.63, 3.8) is 0 Å². The van der Waals surface area contributed by atoms with Crippen LogP contribution in [0.3, 0.4) is 0 Å². The summed E-state index contributed by atoms with van der Waals surface area (Å²) in [6.07, 6.45) is 0.944. The molecule has 4 rings (SSSR count). The van der Waals surface area contributed by atoms with Crippen molar-refractivity contribution < 1.29 is 5.11 Å². The number of aromatic hydroxyl groups is 1. The number of benzene rings is 2. The minimum absolute atomic E-state index is 0.127. The summed E-state index contributed by atoms with van der Waals surface area (Å²) < 4.78 is 1.34. The number of phenolic OH excluding ortho intramolecular Hbond substituents is 1. The van der Waals surface area contributed by atoms with E-state index in [1.54, 1.807) is 12.1 Å². The SMILES string of the molecule is CCCSc1nc(Nc2ccccc2)c2[nH]c(=O)c(=O)n(Cc3ccc(O)cc3)c2n1. The van der Waals surface area contributed by atoms with Crippen molar-refractivity contribution in [2.75, 3.05) is 11.1 Å². The maximum absolute atomic E-state index is 12.7. The van der Waals surface area contributed by atoms with E-state index in [1.807, 2.05) is 30.3 Å². The quantitative estimate of drug-likeness (QED) is 0.231. The van der Waals surface area contributed by atoms with Crippen molar-refractivity contribution in [3.05, 3.63) is 80.9 Å². The fraction of sp³-hybridized carbons (Fsp3) is 0.182. The fourth-order valence-electron chi connectivity index (χ4n) is 3.06. The lowest BCUT2D eigenvalue weighted by Gasteiger charge is -2.14. The second-order valence-corrected chi connectivity index (χ2v) is 7.97. The first kappa shape index (κ1) is 20.7. The number of rotatable bonds is 7. The second-order valence-electron chi connectivity index (χ2n) is 6.90. The Labute approximate surface area is 182 Å². The molecule has 2 aromatic heterocycles. The highest BCUT2D eigenvalue weighted by molar-refractivity contribution is 7.99. The molecular formula is C22H21N5O3S. The van der Waals surface area contributed by atoms with Gasteiger partial charge in [-0.05, 0) is 36.2 Å². The zero-order valence-corrected chi connectivity index (χ0v) is 17.6. The molecule has 0 radical (unpaired) electrons. The molecule has 0 fully saturated rings. The van der Waals surface area contributed by atoms with Gasteiger partial charge in [0.2, 0.25) is 0 Å². The molecule has 8 nitrogen and oxygen atoms in total. The first-order chi connectivity index (χ1) is 15.0. The molecule has 0 saturated heterocycles. The molecule has 2 heterocycles. The van der Waals surface area contributed by atoms with Gasteiger partial charge in [-0.15, -0.1) is 0 Å². The number of nitrogens with zero attached hydrogens (tertiary/aromatic N) is 3. The zero-order valence-electron chi connectivity index (χ0n) is 16.8. The van der Waals surface area contributed by atoms with Crippen LogP contribution in [-0.2, 0) is 6.54 Å². The van der Waals surface area contributed by atoms with Crippen LogP contribution in [0, 0.1) is 0 Å². The minimum Gasteiger partial charge on any atom is -0.508 e. The second kappa shape index (κ2) is 9.05. The normalized spacial score (nSPS) is 11.0. The summed E-state index contributed by atoms with van der Waals surface area (Å²) in [6.45, 7) is 2.20. The minimum atomic E-state index is -0.750. The molecule has 0 aliphatic rings. The van der Waals surface area contributed by atoms with Gasteiger partial charge in [-0.2, -0.15) is 0 Å². The Hall–Kier alpha value is -3.59. The van der Waals surface area contributed by atoms with Crippen molar-refractivity contribution in [3.8, 4) is 5.75 Å². The Bertz CT molecular complexity index is 1320. The van der Waals surface area contributed by atoms with E-state index < -0.39 is 11.1 Å². The Morgan fingerprint density at radius 3 is 2.52 bits per heavy atom. The van der Waals surface area contributed by atoms with Gasteiger partial charge in [0.1, 0.15) is 11.3 Å². The number of para-hydroxylation sites is 1. The number of hydrogen-bond donors (Lipinski definition) is 3.